The van der Waals surface area contributed by atoms with Gasteiger partial charge in [-0.15, -0.1) is 0 Å². The van der Waals surface area contributed by atoms with E-state index in [0.717, 1.165) is 12.8 Å². The summed E-state index contributed by atoms with van der Waals surface area (Å²) in [5, 5.41) is 0. The van der Waals surface area contributed by atoms with Crippen molar-refractivity contribution in [3.63, 3.8) is 0 Å². The minimum absolute atomic E-state index is 0.169. The number of fused-ring (bicyclic) bond motifs is 3. The topological polar surface area (TPSA) is 61.8 Å². The van der Waals surface area contributed by atoms with E-state index in [0.29, 0.717) is 18.4 Å². The van der Waals surface area contributed by atoms with Crippen LogP contribution in [0.15, 0.2) is 12.2 Å². The van der Waals surface area contributed by atoms with Crippen LogP contribution < -0.4 is 0 Å². The second kappa shape index (κ2) is 6.17. The van der Waals surface area contributed by atoms with Gasteiger partial charge in [0.15, 0.2) is 0 Å². The summed E-state index contributed by atoms with van der Waals surface area (Å²) in [6.07, 6.45) is 2.68. The van der Waals surface area contributed by atoms with Gasteiger partial charge >= 0.3 is 11.9 Å². The minimum atomic E-state index is -0.433. The van der Waals surface area contributed by atoms with Crippen LogP contribution in [-0.4, -0.2) is 35.9 Å². The average molecular weight is 336 g/mol. The zero-order valence-corrected chi connectivity index (χ0v) is 15.0. The SMILES string of the molecule is C=C1C(=O)O[C@@H]2C[C@H](C)[C@@H]3CC[C@](C)(C[C@@H](OC(=O)C(C)C)[C@@H]12)O3. The van der Waals surface area contributed by atoms with Gasteiger partial charge in [-0.05, 0) is 32.1 Å². The lowest BCUT2D eigenvalue weighted by Gasteiger charge is -2.32. The van der Waals surface area contributed by atoms with Crippen molar-refractivity contribution in [2.24, 2.45) is 17.8 Å². The molecule has 6 atom stereocenters. The lowest BCUT2D eigenvalue weighted by atomic mass is 9.79. The molecular weight excluding hydrogens is 308 g/mol. The average Bonchev–Trinajstić information content (AvgIpc) is 3.00. The first kappa shape index (κ1) is 17.5. The number of ether oxygens (including phenoxy) is 3. The summed E-state index contributed by atoms with van der Waals surface area (Å²) in [6.45, 7) is 11.8. The normalized spacial score (nSPS) is 42.1. The minimum Gasteiger partial charge on any atom is -0.461 e. The van der Waals surface area contributed by atoms with E-state index < -0.39 is 6.10 Å². The molecule has 3 aliphatic rings. The molecule has 5 heteroatoms. The monoisotopic (exact) mass is 336 g/mol. The summed E-state index contributed by atoms with van der Waals surface area (Å²) in [5.41, 5.74) is 0.0944. The Morgan fingerprint density at radius 3 is 2.75 bits per heavy atom. The van der Waals surface area contributed by atoms with Gasteiger partial charge in [-0.25, -0.2) is 4.79 Å². The third-order valence-electron chi connectivity index (χ3n) is 5.73. The lowest BCUT2D eigenvalue weighted by Crippen LogP contribution is -2.40. The van der Waals surface area contributed by atoms with Gasteiger partial charge in [-0.1, -0.05) is 27.4 Å². The molecule has 0 radical (unpaired) electrons. The van der Waals surface area contributed by atoms with E-state index in [1.807, 2.05) is 13.8 Å². The van der Waals surface area contributed by atoms with E-state index in [4.69, 9.17) is 14.2 Å². The molecule has 0 amide bonds. The van der Waals surface area contributed by atoms with Crippen LogP contribution in [0.3, 0.4) is 0 Å². The standard InChI is InChI=1S/C19H28O5/c1-10(2)17(20)23-15-9-19(5)7-6-13(24-19)11(3)8-14-16(15)12(4)18(21)22-14/h10-11,13-16H,4,6-9H2,1-3,5H3/t11-,13-,14+,15+,16-,19+/m0/s1. The molecule has 0 aromatic rings. The van der Waals surface area contributed by atoms with Crippen molar-refractivity contribution in [2.75, 3.05) is 0 Å². The molecule has 3 rings (SSSR count). The van der Waals surface area contributed by atoms with Gasteiger partial charge in [0.2, 0.25) is 0 Å². The molecule has 3 heterocycles. The summed E-state index contributed by atoms with van der Waals surface area (Å²) in [5.74, 6) is -0.815. The Morgan fingerprint density at radius 2 is 2.08 bits per heavy atom. The molecule has 0 N–H and O–H groups in total. The first-order valence-corrected chi connectivity index (χ1v) is 8.98. The van der Waals surface area contributed by atoms with Crippen LogP contribution in [0.25, 0.3) is 0 Å². The smallest absolute Gasteiger partial charge is 0.334 e. The van der Waals surface area contributed by atoms with Crippen molar-refractivity contribution in [1.29, 1.82) is 0 Å². The Hall–Kier alpha value is -1.36. The highest BCUT2D eigenvalue weighted by atomic mass is 16.6. The third kappa shape index (κ3) is 3.10. The van der Waals surface area contributed by atoms with Crippen LogP contribution in [0.5, 0.6) is 0 Å². The molecular formula is C19H28O5. The highest BCUT2D eigenvalue weighted by molar-refractivity contribution is 5.91. The van der Waals surface area contributed by atoms with Gasteiger partial charge < -0.3 is 14.2 Å². The molecule has 0 aliphatic carbocycles. The van der Waals surface area contributed by atoms with Gasteiger partial charge in [0.05, 0.1) is 23.5 Å². The van der Waals surface area contributed by atoms with Gasteiger partial charge in [0, 0.05) is 12.0 Å². The fraction of sp³-hybridized carbons (Fsp3) is 0.789. The van der Waals surface area contributed by atoms with Crippen LogP contribution in [0, 0.1) is 17.8 Å². The fourth-order valence-corrected chi connectivity index (χ4v) is 4.26. The highest BCUT2D eigenvalue weighted by Crippen LogP contribution is 2.46. The predicted molar refractivity (Wildman–Crippen MR) is 88.1 cm³/mol. The zero-order valence-electron chi connectivity index (χ0n) is 15.0. The van der Waals surface area contributed by atoms with Gasteiger partial charge in [-0.3, -0.25) is 4.79 Å². The zero-order chi connectivity index (χ0) is 17.6. The maximum absolute atomic E-state index is 12.2. The second-order valence-corrected chi connectivity index (χ2v) is 8.19. The molecule has 0 aromatic carbocycles. The van der Waals surface area contributed by atoms with E-state index >= 15 is 0 Å². The van der Waals surface area contributed by atoms with Gasteiger partial charge in [0.1, 0.15) is 12.2 Å². The van der Waals surface area contributed by atoms with Crippen LogP contribution >= 0.6 is 0 Å². The molecule has 0 unspecified atom stereocenters. The van der Waals surface area contributed by atoms with Gasteiger partial charge in [0.25, 0.3) is 0 Å². The van der Waals surface area contributed by atoms with E-state index in [2.05, 4.69) is 20.4 Å². The molecule has 134 valence electrons. The number of carbonyl (C=O) groups is 2. The molecule has 0 saturated carbocycles. The van der Waals surface area contributed by atoms with Crippen LogP contribution in [0.2, 0.25) is 0 Å². The Labute approximate surface area is 143 Å². The molecule has 3 saturated heterocycles. The Bertz CT molecular complexity index is 554. The van der Waals surface area contributed by atoms with E-state index in [1.54, 1.807) is 0 Å². The summed E-state index contributed by atoms with van der Waals surface area (Å²) in [7, 11) is 0. The van der Waals surface area contributed by atoms with Crippen LogP contribution in [-0.2, 0) is 23.8 Å². The number of carbonyl (C=O) groups excluding carboxylic acids is 2. The third-order valence-corrected chi connectivity index (χ3v) is 5.73. The van der Waals surface area contributed by atoms with Crippen molar-refractivity contribution in [1.82, 2.24) is 0 Å². The lowest BCUT2D eigenvalue weighted by molar-refractivity contribution is -0.160. The number of hydrogen-bond acceptors (Lipinski definition) is 5. The van der Waals surface area contributed by atoms with Crippen molar-refractivity contribution in [3.8, 4) is 0 Å². The molecule has 0 aromatic heterocycles. The predicted octanol–water partition coefficient (Wildman–Crippen LogP) is 3.02. The number of hydrogen-bond donors (Lipinski definition) is 0. The van der Waals surface area contributed by atoms with Gasteiger partial charge in [-0.2, -0.15) is 0 Å². The van der Waals surface area contributed by atoms with Crippen molar-refractivity contribution >= 4 is 11.9 Å². The summed E-state index contributed by atoms with van der Waals surface area (Å²) in [6, 6.07) is 0. The summed E-state index contributed by atoms with van der Waals surface area (Å²) in [4.78, 5) is 24.3. The van der Waals surface area contributed by atoms with Crippen LogP contribution in [0.4, 0.5) is 0 Å². The maximum Gasteiger partial charge on any atom is 0.334 e. The van der Waals surface area contributed by atoms with Crippen molar-refractivity contribution < 1.29 is 23.8 Å². The first-order chi connectivity index (χ1) is 11.2. The van der Waals surface area contributed by atoms with Crippen LogP contribution in [0.1, 0.15) is 53.4 Å². The Morgan fingerprint density at radius 1 is 1.38 bits per heavy atom. The molecule has 3 fully saturated rings. The summed E-state index contributed by atoms with van der Waals surface area (Å²) >= 11 is 0. The Kier molecular flexibility index (Phi) is 4.49. The highest BCUT2D eigenvalue weighted by Gasteiger charge is 2.52. The largest absolute Gasteiger partial charge is 0.461 e. The van der Waals surface area contributed by atoms with E-state index in [-0.39, 0.29) is 47.5 Å². The maximum atomic E-state index is 12.2. The van der Waals surface area contributed by atoms with Crippen molar-refractivity contribution in [2.45, 2.75) is 77.3 Å². The quantitative estimate of drug-likeness (QED) is 0.573. The molecule has 2 bridgehead atoms. The molecule has 24 heavy (non-hydrogen) atoms. The summed E-state index contributed by atoms with van der Waals surface area (Å²) < 4.78 is 17.7. The number of esters is 2. The first-order valence-electron chi connectivity index (χ1n) is 8.98. The molecule has 5 nitrogen and oxygen atoms in total. The van der Waals surface area contributed by atoms with E-state index in [1.165, 1.54) is 0 Å². The van der Waals surface area contributed by atoms with E-state index in [9.17, 15) is 9.59 Å². The Balaban J connectivity index is 1.93. The second-order valence-electron chi connectivity index (χ2n) is 8.19. The molecule has 3 aliphatic heterocycles. The molecule has 0 spiro atoms. The van der Waals surface area contributed by atoms with Crippen molar-refractivity contribution in [3.05, 3.63) is 12.2 Å². The fourth-order valence-electron chi connectivity index (χ4n) is 4.26. The number of rotatable bonds is 2.